The summed E-state index contributed by atoms with van der Waals surface area (Å²) in [6, 6.07) is 6.67. The average molecular weight is 558 g/mol. The molecular weight excluding hydrogens is 517 g/mol. The molecule has 2 N–H and O–H groups in total. The van der Waals surface area contributed by atoms with Crippen LogP contribution in [0, 0.1) is 0 Å². The molecule has 1 amide bonds. The first kappa shape index (κ1) is 26.6. The fraction of sp³-hybridized carbons (Fsp3) is 0.696. The maximum atomic E-state index is 12.6. The Kier molecular flexibility index (Phi) is 12.1. The lowest BCUT2D eigenvalue weighted by atomic mass is 10.0. The van der Waals surface area contributed by atoms with E-state index in [4.69, 9.17) is 0 Å². The van der Waals surface area contributed by atoms with Crippen molar-refractivity contribution in [3.8, 4) is 0 Å². The largest absolute Gasteiger partial charge is 0.356 e. The summed E-state index contributed by atoms with van der Waals surface area (Å²) < 4.78 is 0. The fourth-order valence-corrected chi connectivity index (χ4v) is 4.53. The summed E-state index contributed by atoms with van der Waals surface area (Å²) in [7, 11) is 1.78. The maximum absolute atomic E-state index is 12.6. The van der Waals surface area contributed by atoms with Crippen molar-refractivity contribution < 1.29 is 4.79 Å². The van der Waals surface area contributed by atoms with Crippen LogP contribution in [0.3, 0.4) is 0 Å². The van der Waals surface area contributed by atoms with Crippen LogP contribution in [0.15, 0.2) is 29.4 Å². The van der Waals surface area contributed by atoms with Crippen LogP contribution in [0.5, 0.6) is 0 Å². The number of hydrogen-bond acceptors (Lipinski definition) is 5. The monoisotopic (exact) mass is 557 g/mol. The lowest BCUT2D eigenvalue weighted by Crippen LogP contribution is -2.50. The van der Waals surface area contributed by atoms with Crippen LogP contribution in [-0.4, -0.2) is 92.1 Å². The molecule has 8 nitrogen and oxygen atoms in total. The van der Waals surface area contributed by atoms with Gasteiger partial charge in [-0.25, -0.2) is 4.98 Å². The summed E-state index contributed by atoms with van der Waals surface area (Å²) in [5, 5.41) is 6.69. The number of amides is 1. The van der Waals surface area contributed by atoms with Crippen molar-refractivity contribution in [2.24, 2.45) is 4.99 Å². The quantitative estimate of drug-likeness (QED) is 0.290. The van der Waals surface area contributed by atoms with E-state index in [0.717, 1.165) is 57.1 Å². The molecule has 0 bridgehead atoms. The number of nitrogens with zero attached hydrogens (tertiary/aromatic N) is 5. The summed E-state index contributed by atoms with van der Waals surface area (Å²) in [6.45, 7) is 9.15. The second-order valence-corrected chi connectivity index (χ2v) is 8.33. The molecule has 180 valence electrons. The van der Waals surface area contributed by atoms with Crippen LogP contribution < -0.4 is 15.5 Å². The van der Waals surface area contributed by atoms with Gasteiger partial charge in [-0.15, -0.1) is 24.0 Å². The van der Waals surface area contributed by atoms with Gasteiger partial charge in [0.05, 0.1) is 0 Å². The minimum atomic E-state index is 0. The van der Waals surface area contributed by atoms with Crippen molar-refractivity contribution in [3.63, 3.8) is 0 Å². The first-order valence-corrected chi connectivity index (χ1v) is 11.8. The summed E-state index contributed by atoms with van der Waals surface area (Å²) in [6.07, 6.45) is 7.51. The number of nitrogens with one attached hydrogen (secondary N) is 2. The van der Waals surface area contributed by atoms with E-state index in [1.165, 1.54) is 32.2 Å². The molecule has 3 rings (SSSR count). The number of aromatic nitrogens is 1. The highest BCUT2D eigenvalue weighted by molar-refractivity contribution is 14.0. The van der Waals surface area contributed by atoms with Crippen molar-refractivity contribution in [1.29, 1.82) is 0 Å². The minimum Gasteiger partial charge on any atom is -0.356 e. The molecule has 2 aliphatic rings. The first-order chi connectivity index (χ1) is 15.2. The van der Waals surface area contributed by atoms with Gasteiger partial charge in [0.15, 0.2) is 5.96 Å². The number of hydrogen-bond donors (Lipinski definition) is 2. The van der Waals surface area contributed by atoms with Crippen LogP contribution in [-0.2, 0) is 4.79 Å². The Labute approximate surface area is 210 Å². The van der Waals surface area contributed by atoms with E-state index in [9.17, 15) is 4.79 Å². The maximum Gasteiger partial charge on any atom is 0.224 e. The Morgan fingerprint density at radius 2 is 1.91 bits per heavy atom. The zero-order valence-corrected chi connectivity index (χ0v) is 22.0. The van der Waals surface area contributed by atoms with Crippen molar-refractivity contribution >= 4 is 41.7 Å². The highest BCUT2D eigenvalue weighted by Gasteiger charge is 2.22. The van der Waals surface area contributed by atoms with Crippen molar-refractivity contribution in [2.75, 3.05) is 64.3 Å². The molecular formula is C23H40IN7O. The third-order valence-electron chi connectivity index (χ3n) is 6.37. The Bertz CT molecular complexity index is 695. The molecule has 3 heterocycles. The normalized spacial score (nSPS) is 19.9. The van der Waals surface area contributed by atoms with Gasteiger partial charge >= 0.3 is 0 Å². The molecule has 0 spiro atoms. The van der Waals surface area contributed by atoms with E-state index < -0.39 is 0 Å². The highest BCUT2D eigenvalue weighted by atomic mass is 127. The van der Waals surface area contributed by atoms with Crippen molar-refractivity contribution in [2.45, 2.75) is 45.1 Å². The smallest absolute Gasteiger partial charge is 0.224 e. The second-order valence-electron chi connectivity index (χ2n) is 8.33. The number of halogens is 1. The molecule has 0 aromatic carbocycles. The molecule has 2 saturated heterocycles. The van der Waals surface area contributed by atoms with E-state index in [1.54, 1.807) is 7.05 Å². The van der Waals surface area contributed by atoms with Crippen LogP contribution in [0.2, 0.25) is 0 Å². The van der Waals surface area contributed by atoms with Gasteiger partial charge in [0.25, 0.3) is 0 Å². The predicted octanol–water partition coefficient (Wildman–Crippen LogP) is 2.17. The van der Waals surface area contributed by atoms with E-state index >= 15 is 0 Å². The van der Waals surface area contributed by atoms with Crippen molar-refractivity contribution in [1.82, 2.24) is 25.4 Å². The average Bonchev–Trinajstić information content (AvgIpc) is 2.84. The zero-order chi connectivity index (χ0) is 21.9. The topological polar surface area (TPSA) is 76.1 Å². The number of anilines is 1. The van der Waals surface area contributed by atoms with Crippen LogP contribution in [0.4, 0.5) is 5.82 Å². The van der Waals surface area contributed by atoms with Gasteiger partial charge in [0.1, 0.15) is 5.82 Å². The molecule has 1 unspecified atom stereocenters. The van der Waals surface area contributed by atoms with E-state index in [1.807, 2.05) is 29.3 Å². The van der Waals surface area contributed by atoms with Gasteiger partial charge in [-0.05, 0) is 37.9 Å². The van der Waals surface area contributed by atoms with Crippen LogP contribution in [0.1, 0.15) is 39.0 Å². The van der Waals surface area contributed by atoms with Gasteiger partial charge in [-0.1, -0.05) is 19.4 Å². The Morgan fingerprint density at radius 1 is 1.12 bits per heavy atom. The number of piperidine rings is 1. The number of aliphatic imine (C=N–C) groups is 1. The third-order valence-corrected chi connectivity index (χ3v) is 6.37. The van der Waals surface area contributed by atoms with E-state index in [0.29, 0.717) is 13.0 Å². The number of pyridine rings is 1. The molecule has 0 aliphatic carbocycles. The molecule has 2 aliphatic heterocycles. The Hall–Kier alpha value is -1.62. The van der Waals surface area contributed by atoms with Gasteiger partial charge in [-0.2, -0.15) is 0 Å². The third kappa shape index (κ3) is 8.06. The molecule has 32 heavy (non-hydrogen) atoms. The summed E-state index contributed by atoms with van der Waals surface area (Å²) in [5.74, 6) is 1.96. The Morgan fingerprint density at radius 3 is 2.59 bits per heavy atom. The predicted molar refractivity (Wildman–Crippen MR) is 142 cm³/mol. The SMILES string of the molecule is CCC1CCCCN1CCNC(=NC)NCCC(=O)N1CCN(c2ccccn2)CC1.I. The Balaban J connectivity index is 0.00000363. The number of likely N-dealkylation sites (tertiary alicyclic amines) is 1. The lowest BCUT2D eigenvalue weighted by molar-refractivity contribution is -0.131. The number of rotatable bonds is 8. The van der Waals surface area contributed by atoms with Crippen molar-refractivity contribution in [3.05, 3.63) is 24.4 Å². The molecule has 1 aromatic rings. The van der Waals surface area contributed by atoms with Crippen LogP contribution >= 0.6 is 24.0 Å². The standard InChI is InChI=1S/C23H39N7O.HI/c1-3-20-8-5-7-14-28(20)15-13-27-23(24-2)26-12-10-22(31)30-18-16-29(17-19-30)21-9-4-6-11-25-21;/h4,6,9,11,20H,3,5,7-8,10,12-19H2,1-2H3,(H2,24,26,27);1H. The lowest BCUT2D eigenvalue weighted by Gasteiger charge is -2.35. The van der Waals surface area contributed by atoms with E-state index in [2.05, 4.69) is 37.3 Å². The molecule has 1 atom stereocenters. The number of guanidine groups is 1. The zero-order valence-electron chi connectivity index (χ0n) is 19.6. The summed E-state index contributed by atoms with van der Waals surface area (Å²) >= 11 is 0. The van der Waals surface area contributed by atoms with Gasteiger partial charge in [0.2, 0.25) is 5.91 Å². The number of piperazine rings is 1. The fourth-order valence-electron chi connectivity index (χ4n) is 4.53. The van der Waals surface area contributed by atoms with Gasteiger partial charge in [0, 0.05) is 71.5 Å². The summed E-state index contributed by atoms with van der Waals surface area (Å²) in [5.41, 5.74) is 0. The highest BCUT2D eigenvalue weighted by Crippen LogP contribution is 2.18. The second kappa shape index (κ2) is 14.5. The number of carbonyl (C=O) groups is 1. The summed E-state index contributed by atoms with van der Waals surface area (Å²) in [4.78, 5) is 28.1. The van der Waals surface area contributed by atoms with Crippen LogP contribution in [0.25, 0.3) is 0 Å². The van der Waals surface area contributed by atoms with E-state index in [-0.39, 0.29) is 29.9 Å². The van der Waals surface area contributed by atoms with Gasteiger partial charge in [-0.3, -0.25) is 14.7 Å². The molecule has 9 heteroatoms. The minimum absolute atomic E-state index is 0. The van der Waals surface area contributed by atoms with Gasteiger partial charge < -0.3 is 20.4 Å². The first-order valence-electron chi connectivity index (χ1n) is 11.8. The molecule has 0 saturated carbocycles. The molecule has 2 fully saturated rings. The number of carbonyl (C=O) groups excluding carboxylic acids is 1. The molecule has 0 radical (unpaired) electrons. The molecule has 1 aromatic heterocycles.